The van der Waals surface area contributed by atoms with Gasteiger partial charge in [-0.25, -0.2) is 0 Å². The topological polar surface area (TPSA) is 84.5 Å². The monoisotopic (exact) mass is 381 g/mol. The van der Waals surface area contributed by atoms with Crippen LogP contribution in [-0.4, -0.2) is 55.7 Å². The van der Waals surface area contributed by atoms with Crippen LogP contribution in [0.5, 0.6) is 11.5 Å². The molecular formula is C20H23N5O3. The van der Waals surface area contributed by atoms with Crippen molar-refractivity contribution < 1.29 is 14.2 Å². The zero-order valence-corrected chi connectivity index (χ0v) is 15.9. The number of rotatable bonds is 6. The van der Waals surface area contributed by atoms with Crippen LogP contribution in [0.15, 0.2) is 42.5 Å². The maximum absolute atomic E-state index is 5.40. The van der Waals surface area contributed by atoms with E-state index < -0.39 is 0 Å². The van der Waals surface area contributed by atoms with Gasteiger partial charge in [0.15, 0.2) is 17.3 Å². The number of morpholine rings is 1. The first kappa shape index (κ1) is 18.1. The van der Waals surface area contributed by atoms with Crippen LogP contribution in [-0.2, 0) is 4.74 Å². The van der Waals surface area contributed by atoms with Crippen LogP contribution in [0.25, 0.3) is 11.4 Å². The number of benzene rings is 2. The Morgan fingerprint density at radius 3 is 2.46 bits per heavy atom. The zero-order chi connectivity index (χ0) is 19.3. The molecule has 8 nitrogen and oxygen atoms in total. The third kappa shape index (κ3) is 3.86. The van der Waals surface area contributed by atoms with E-state index >= 15 is 0 Å². The van der Waals surface area contributed by atoms with Gasteiger partial charge in [0.05, 0.1) is 27.4 Å². The second-order valence-corrected chi connectivity index (χ2v) is 6.35. The van der Waals surface area contributed by atoms with Crippen LogP contribution < -0.4 is 19.7 Å². The van der Waals surface area contributed by atoms with Gasteiger partial charge in [-0.15, -0.1) is 5.10 Å². The standard InChI is InChI=1S/C20H23N5O3/c1-26-17-8-3-14(13-18(17)27-2)19-22-20(24-23-19)21-15-4-6-16(7-5-15)25-9-11-28-12-10-25/h3-8,13H,9-12H2,1-2H3,(H2,21,22,23,24). The molecule has 3 aromatic rings. The quantitative estimate of drug-likeness (QED) is 0.679. The molecule has 0 amide bonds. The van der Waals surface area contributed by atoms with Gasteiger partial charge in [-0.2, -0.15) is 4.98 Å². The average molecular weight is 381 g/mol. The summed E-state index contributed by atoms with van der Waals surface area (Å²) in [5.41, 5.74) is 2.98. The van der Waals surface area contributed by atoms with Crippen LogP contribution in [0, 0.1) is 0 Å². The third-order valence-corrected chi connectivity index (χ3v) is 4.64. The summed E-state index contributed by atoms with van der Waals surface area (Å²) in [7, 11) is 3.22. The van der Waals surface area contributed by atoms with E-state index in [0.717, 1.165) is 37.6 Å². The normalized spacial score (nSPS) is 14.0. The molecule has 0 saturated carbocycles. The Bertz CT molecular complexity index is 920. The number of anilines is 3. The molecule has 1 aliphatic rings. The maximum Gasteiger partial charge on any atom is 0.246 e. The van der Waals surface area contributed by atoms with Gasteiger partial charge in [-0.05, 0) is 42.5 Å². The summed E-state index contributed by atoms with van der Waals surface area (Å²) in [5.74, 6) is 2.46. The Morgan fingerprint density at radius 1 is 1.00 bits per heavy atom. The number of nitrogens with zero attached hydrogens (tertiary/aromatic N) is 3. The van der Waals surface area contributed by atoms with Crippen molar-refractivity contribution in [2.45, 2.75) is 0 Å². The maximum atomic E-state index is 5.40. The first-order chi connectivity index (χ1) is 13.8. The summed E-state index contributed by atoms with van der Waals surface area (Å²) in [6.45, 7) is 3.39. The van der Waals surface area contributed by atoms with Crippen LogP contribution in [0.1, 0.15) is 0 Å². The van der Waals surface area contributed by atoms with E-state index in [-0.39, 0.29) is 0 Å². The molecule has 2 N–H and O–H groups in total. The predicted octanol–water partition coefficient (Wildman–Crippen LogP) is 3.07. The summed E-state index contributed by atoms with van der Waals surface area (Å²) < 4.78 is 16.0. The van der Waals surface area contributed by atoms with Crippen molar-refractivity contribution in [3.63, 3.8) is 0 Å². The zero-order valence-electron chi connectivity index (χ0n) is 15.9. The highest BCUT2D eigenvalue weighted by atomic mass is 16.5. The van der Waals surface area contributed by atoms with Crippen molar-refractivity contribution in [1.29, 1.82) is 0 Å². The van der Waals surface area contributed by atoms with Crippen LogP contribution >= 0.6 is 0 Å². The van der Waals surface area contributed by atoms with Crippen molar-refractivity contribution in [2.24, 2.45) is 0 Å². The highest BCUT2D eigenvalue weighted by Crippen LogP contribution is 2.31. The van der Waals surface area contributed by atoms with Gasteiger partial charge < -0.3 is 24.4 Å². The first-order valence-electron chi connectivity index (χ1n) is 9.11. The Morgan fingerprint density at radius 2 is 1.75 bits per heavy atom. The fourth-order valence-electron chi connectivity index (χ4n) is 3.14. The summed E-state index contributed by atoms with van der Waals surface area (Å²) in [6.07, 6.45) is 0. The SMILES string of the molecule is COc1ccc(-c2nc(Nc3ccc(N4CCOCC4)cc3)n[nH]2)cc1OC. The highest BCUT2D eigenvalue weighted by molar-refractivity contribution is 5.64. The molecule has 1 aromatic heterocycles. The van der Waals surface area contributed by atoms with Crippen LogP contribution in [0.3, 0.4) is 0 Å². The lowest BCUT2D eigenvalue weighted by Gasteiger charge is -2.28. The van der Waals surface area contributed by atoms with Crippen molar-refractivity contribution in [2.75, 3.05) is 50.7 Å². The van der Waals surface area contributed by atoms with Gasteiger partial charge in [0.1, 0.15) is 0 Å². The summed E-state index contributed by atoms with van der Waals surface area (Å²) in [5, 5.41) is 10.4. The minimum Gasteiger partial charge on any atom is -0.493 e. The van der Waals surface area contributed by atoms with Crippen molar-refractivity contribution >= 4 is 17.3 Å². The van der Waals surface area contributed by atoms with Gasteiger partial charge in [-0.1, -0.05) is 0 Å². The molecule has 2 aromatic carbocycles. The van der Waals surface area contributed by atoms with E-state index in [1.165, 1.54) is 5.69 Å². The lowest BCUT2D eigenvalue weighted by molar-refractivity contribution is 0.122. The van der Waals surface area contributed by atoms with Crippen molar-refractivity contribution in [1.82, 2.24) is 15.2 Å². The van der Waals surface area contributed by atoms with Crippen LogP contribution in [0.4, 0.5) is 17.3 Å². The lowest BCUT2D eigenvalue weighted by atomic mass is 10.2. The fraction of sp³-hybridized carbons (Fsp3) is 0.300. The molecule has 0 atom stereocenters. The number of ether oxygens (including phenoxy) is 3. The molecule has 0 aliphatic carbocycles. The Hall–Kier alpha value is -3.26. The molecule has 0 spiro atoms. The van der Waals surface area contributed by atoms with Gasteiger partial charge in [0.25, 0.3) is 0 Å². The van der Waals surface area contributed by atoms with E-state index in [4.69, 9.17) is 14.2 Å². The molecule has 28 heavy (non-hydrogen) atoms. The summed E-state index contributed by atoms with van der Waals surface area (Å²) in [4.78, 5) is 6.83. The Kier molecular flexibility index (Phi) is 5.29. The van der Waals surface area contributed by atoms with Gasteiger partial charge in [-0.3, -0.25) is 5.10 Å². The predicted molar refractivity (Wildman–Crippen MR) is 108 cm³/mol. The van der Waals surface area contributed by atoms with Crippen LogP contribution in [0.2, 0.25) is 0 Å². The number of aromatic amines is 1. The molecule has 0 bridgehead atoms. The van der Waals surface area contributed by atoms with Gasteiger partial charge in [0, 0.05) is 30.0 Å². The minimum atomic E-state index is 0.504. The molecule has 2 heterocycles. The second kappa shape index (κ2) is 8.18. The molecule has 0 unspecified atom stereocenters. The molecule has 8 heteroatoms. The minimum absolute atomic E-state index is 0.504. The molecule has 1 saturated heterocycles. The van der Waals surface area contributed by atoms with E-state index in [9.17, 15) is 0 Å². The van der Waals surface area contributed by atoms with Crippen molar-refractivity contribution in [3.8, 4) is 22.9 Å². The van der Waals surface area contributed by atoms with Gasteiger partial charge in [0.2, 0.25) is 5.95 Å². The number of hydrogen-bond donors (Lipinski definition) is 2. The molecule has 146 valence electrons. The summed E-state index contributed by atoms with van der Waals surface area (Å²) in [6, 6.07) is 13.8. The molecule has 1 aliphatic heterocycles. The van der Waals surface area contributed by atoms with E-state index in [2.05, 4.69) is 37.5 Å². The second-order valence-electron chi connectivity index (χ2n) is 6.35. The smallest absolute Gasteiger partial charge is 0.246 e. The van der Waals surface area contributed by atoms with Crippen molar-refractivity contribution in [3.05, 3.63) is 42.5 Å². The number of nitrogens with one attached hydrogen (secondary N) is 2. The van der Waals surface area contributed by atoms with E-state index in [0.29, 0.717) is 23.3 Å². The highest BCUT2D eigenvalue weighted by Gasteiger charge is 2.12. The summed E-state index contributed by atoms with van der Waals surface area (Å²) >= 11 is 0. The molecule has 0 radical (unpaired) electrons. The molecule has 4 rings (SSSR count). The lowest BCUT2D eigenvalue weighted by Crippen LogP contribution is -2.36. The Balaban J connectivity index is 1.46. The number of H-pyrrole nitrogens is 1. The molecular weight excluding hydrogens is 358 g/mol. The first-order valence-corrected chi connectivity index (χ1v) is 9.11. The van der Waals surface area contributed by atoms with E-state index in [1.807, 2.05) is 30.3 Å². The fourth-order valence-corrected chi connectivity index (χ4v) is 3.14. The third-order valence-electron chi connectivity index (χ3n) is 4.64. The number of hydrogen-bond acceptors (Lipinski definition) is 7. The number of aromatic nitrogens is 3. The van der Waals surface area contributed by atoms with Gasteiger partial charge >= 0.3 is 0 Å². The average Bonchev–Trinajstić information content (AvgIpc) is 3.23. The number of methoxy groups -OCH3 is 2. The van der Waals surface area contributed by atoms with E-state index in [1.54, 1.807) is 14.2 Å². The Labute approximate surface area is 163 Å². The largest absolute Gasteiger partial charge is 0.493 e. The molecule has 1 fully saturated rings.